The van der Waals surface area contributed by atoms with Crippen molar-refractivity contribution in [2.75, 3.05) is 39.8 Å². The van der Waals surface area contributed by atoms with Gasteiger partial charge in [-0.1, -0.05) is 6.07 Å². The third-order valence-electron chi connectivity index (χ3n) is 4.49. The summed E-state index contributed by atoms with van der Waals surface area (Å²) in [7, 11) is 1.46. The first-order valence-corrected chi connectivity index (χ1v) is 8.70. The highest BCUT2D eigenvalue weighted by molar-refractivity contribution is 5.77. The second-order valence-electron chi connectivity index (χ2n) is 6.38. The minimum absolute atomic E-state index is 0.00734. The lowest BCUT2D eigenvalue weighted by molar-refractivity contribution is -0.122. The SMILES string of the molecule is COc1ccc(CN2CCN(CC(=O)NCc3ccco3)CC2)cc1F. The first kappa shape index (κ1) is 18.4. The Morgan fingerprint density at radius 1 is 1.23 bits per heavy atom. The quantitative estimate of drug-likeness (QED) is 0.816. The fourth-order valence-electron chi connectivity index (χ4n) is 3.03. The van der Waals surface area contributed by atoms with Crippen LogP contribution < -0.4 is 10.1 Å². The molecule has 0 unspecified atom stereocenters. The average Bonchev–Trinajstić information content (AvgIpc) is 3.15. The van der Waals surface area contributed by atoms with E-state index in [4.69, 9.17) is 9.15 Å². The van der Waals surface area contributed by atoms with Crippen molar-refractivity contribution in [3.05, 3.63) is 53.7 Å². The van der Waals surface area contributed by atoms with E-state index in [1.807, 2.05) is 12.1 Å². The Labute approximate surface area is 152 Å². The van der Waals surface area contributed by atoms with Gasteiger partial charge >= 0.3 is 0 Å². The molecule has 6 nitrogen and oxygen atoms in total. The lowest BCUT2D eigenvalue weighted by Gasteiger charge is -2.34. The lowest BCUT2D eigenvalue weighted by atomic mass is 10.2. The fourth-order valence-corrected chi connectivity index (χ4v) is 3.03. The van der Waals surface area contributed by atoms with E-state index in [0.717, 1.165) is 37.5 Å². The number of furan rings is 1. The third-order valence-corrected chi connectivity index (χ3v) is 4.49. The molecule has 26 heavy (non-hydrogen) atoms. The molecule has 7 heteroatoms. The van der Waals surface area contributed by atoms with Gasteiger partial charge in [-0.25, -0.2) is 4.39 Å². The topological polar surface area (TPSA) is 58.0 Å². The molecule has 0 bridgehead atoms. The first-order valence-electron chi connectivity index (χ1n) is 8.70. The number of nitrogens with one attached hydrogen (secondary N) is 1. The van der Waals surface area contributed by atoms with Gasteiger partial charge in [0.05, 0.1) is 26.5 Å². The van der Waals surface area contributed by atoms with E-state index < -0.39 is 0 Å². The highest BCUT2D eigenvalue weighted by Gasteiger charge is 2.19. The number of ether oxygens (including phenoxy) is 1. The number of hydrogen-bond acceptors (Lipinski definition) is 5. The van der Waals surface area contributed by atoms with Crippen LogP contribution in [0.2, 0.25) is 0 Å². The number of carbonyl (C=O) groups is 1. The maximum absolute atomic E-state index is 13.8. The molecule has 1 aliphatic rings. The monoisotopic (exact) mass is 361 g/mol. The summed E-state index contributed by atoms with van der Waals surface area (Å²) >= 11 is 0. The van der Waals surface area contributed by atoms with Gasteiger partial charge in [-0.05, 0) is 29.8 Å². The molecule has 0 saturated carbocycles. The Bertz CT molecular complexity index is 713. The Balaban J connectivity index is 1.39. The maximum atomic E-state index is 13.8. The molecule has 1 saturated heterocycles. The number of nitrogens with zero attached hydrogens (tertiary/aromatic N) is 2. The smallest absolute Gasteiger partial charge is 0.234 e. The van der Waals surface area contributed by atoms with Crippen LogP contribution in [0.3, 0.4) is 0 Å². The molecular formula is C19H24FN3O3. The van der Waals surface area contributed by atoms with Gasteiger partial charge in [0.2, 0.25) is 5.91 Å². The van der Waals surface area contributed by atoms with Crippen LogP contribution in [-0.4, -0.2) is 55.5 Å². The Morgan fingerprint density at radius 3 is 2.65 bits per heavy atom. The molecule has 140 valence electrons. The number of piperazine rings is 1. The van der Waals surface area contributed by atoms with Gasteiger partial charge in [0.1, 0.15) is 5.76 Å². The predicted octanol–water partition coefficient (Wildman–Crippen LogP) is 1.86. The van der Waals surface area contributed by atoms with Gasteiger partial charge in [0.15, 0.2) is 11.6 Å². The van der Waals surface area contributed by atoms with Crippen molar-refractivity contribution in [1.82, 2.24) is 15.1 Å². The zero-order chi connectivity index (χ0) is 18.4. The number of rotatable bonds is 7. The molecule has 2 heterocycles. The number of hydrogen-bond donors (Lipinski definition) is 1. The standard InChI is InChI=1S/C19H24FN3O3/c1-25-18-5-4-15(11-17(18)20)13-22-6-8-23(9-7-22)14-19(24)21-12-16-3-2-10-26-16/h2-5,10-11H,6-9,12-14H2,1H3,(H,21,24). The molecule has 1 aromatic heterocycles. The molecule has 0 radical (unpaired) electrons. The highest BCUT2D eigenvalue weighted by atomic mass is 19.1. The molecule has 1 amide bonds. The second-order valence-corrected chi connectivity index (χ2v) is 6.38. The second kappa shape index (κ2) is 8.82. The van der Waals surface area contributed by atoms with Gasteiger partial charge < -0.3 is 14.5 Å². The molecule has 0 aliphatic carbocycles. The van der Waals surface area contributed by atoms with Crippen molar-refractivity contribution < 1.29 is 18.3 Å². The van der Waals surface area contributed by atoms with Gasteiger partial charge in [-0.2, -0.15) is 0 Å². The number of methoxy groups -OCH3 is 1. The van der Waals surface area contributed by atoms with E-state index in [9.17, 15) is 9.18 Å². The Hall–Kier alpha value is -2.38. The van der Waals surface area contributed by atoms with Crippen molar-refractivity contribution in [1.29, 1.82) is 0 Å². The largest absolute Gasteiger partial charge is 0.494 e. The van der Waals surface area contributed by atoms with Gasteiger partial charge in [-0.3, -0.25) is 14.6 Å². The van der Waals surface area contributed by atoms with Gasteiger partial charge in [0, 0.05) is 32.7 Å². The Morgan fingerprint density at radius 2 is 2.00 bits per heavy atom. The van der Waals surface area contributed by atoms with Crippen molar-refractivity contribution >= 4 is 5.91 Å². The molecule has 0 atom stereocenters. The third kappa shape index (κ3) is 5.06. The van der Waals surface area contributed by atoms with Gasteiger partial charge in [-0.15, -0.1) is 0 Å². The number of amides is 1. The maximum Gasteiger partial charge on any atom is 0.234 e. The number of carbonyl (C=O) groups excluding carboxylic acids is 1. The summed E-state index contributed by atoms with van der Waals surface area (Å²) < 4.78 is 23.9. The van der Waals surface area contributed by atoms with Crippen LogP contribution in [0.1, 0.15) is 11.3 Å². The van der Waals surface area contributed by atoms with Crippen molar-refractivity contribution in [2.24, 2.45) is 0 Å². The summed E-state index contributed by atoms with van der Waals surface area (Å²) in [6.45, 7) is 4.80. The minimum Gasteiger partial charge on any atom is -0.494 e. The van der Waals surface area contributed by atoms with E-state index in [1.165, 1.54) is 13.2 Å². The molecule has 3 rings (SSSR count). The van der Waals surface area contributed by atoms with Crippen LogP contribution in [0, 0.1) is 5.82 Å². The molecular weight excluding hydrogens is 337 g/mol. The lowest BCUT2D eigenvalue weighted by Crippen LogP contribution is -2.49. The predicted molar refractivity (Wildman–Crippen MR) is 95.2 cm³/mol. The van der Waals surface area contributed by atoms with Crippen LogP contribution >= 0.6 is 0 Å². The normalized spacial score (nSPS) is 15.8. The summed E-state index contributed by atoms with van der Waals surface area (Å²) in [5.41, 5.74) is 0.924. The fraction of sp³-hybridized carbons (Fsp3) is 0.421. The zero-order valence-electron chi connectivity index (χ0n) is 14.9. The van der Waals surface area contributed by atoms with Crippen LogP contribution in [0.25, 0.3) is 0 Å². The molecule has 0 spiro atoms. The van der Waals surface area contributed by atoms with E-state index in [-0.39, 0.29) is 17.5 Å². The summed E-state index contributed by atoms with van der Waals surface area (Å²) in [6, 6.07) is 8.70. The van der Waals surface area contributed by atoms with E-state index in [0.29, 0.717) is 19.6 Å². The zero-order valence-corrected chi connectivity index (χ0v) is 14.9. The summed E-state index contributed by atoms with van der Waals surface area (Å²) in [4.78, 5) is 16.4. The molecule has 1 fully saturated rings. The molecule has 1 aromatic carbocycles. The number of halogens is 1. The van der Waals surface area contributed by atoms with Crippen molar-refractivity contribution in [3.63, 3.8) is 0 Å². The average molecular weight is 361 g/mol. The molecule has 1 aliphatic heterocycles. The van der Waals surface area contributed by atoms with E-state index >= 15 is 0 Å². The summed E-state index contributed by atoms with van der Waals surface area (Å²) in [5.74, 6) is 0.665. The van der Waals surface area contributed by atoms with Crippen LogP contribution in [0.15, 0.2) is 41.0 Å². The first-order chi connectivity index (χ1) is 12.6. The van der Waals surface area contributed by atoms with Crippen molar-refractivity contribution in [3.8, 4) is 5.75 Å². The summed E-state index contributed by atoms with van der Waals surface area (Å²) in [6.07, 6.45) is 1.59. The van der Waals surface area contributed by atoms with E-state index in [2.05, 4.69) is 15.1 Å². The van der Waals surface area contributed by atoms with Crippen LogP contribution in [-0.2, 0) is 17.9 Å². The number of benzene rings is 1. The van der Waals surface area contributed by atoms with Crippen LogP contribution in [0.5, 0.6) is 5.75 Å². The summed E-state index contributed by atoms with van der Waals surface area (Å²) in [5, 5.41) is 2.86. The Kier molecular flexibility index (Phi) is 6.25. The van der Waals surface area contributed by atoms with E-state index in [1.54, 1.807) is 18.4 Å². The van der Waals surface area contributed by atoms with Crippen molar-refractivity contribution in [2.45, 2.75) is 13.1 Å². The molecule has 2 aromatic rings. The highest BCUT2D eigenvalue weighted by Crippen LogP contribution is 2.19. The minimum atomic E-state index is -0.336. The molecule has 1 N–H and O–H groups in total. The van der Waals surface area contributed by atoms with Crippen LogP contribution in [0.4, 0.5) is 4.39 Å². The van der Waals surface area contributed by atoms with Gasteiger partial charge in [0.25, 0.3) is 0 Å².